The Morgan fingerprint density at radius 3 is 2.05 bits per heavy atom. The van der Waals surface area contributed by atoms with Gasteiger partial charge in [0.15, 0.2) is 0 Å². The van der Waals surface area contributed by atoms with Crippen molar-refractivity contribution in [2.45, 2.75) is 38.2 Å². The molecule has 1 aromatic carbocycles. The zero-order valence-electron chi connectivity index (χ0n) is 12.3. The number of carbonyl (C=O) groups excluding carboxylic acids is 2. The van der Waals surface area contributed by atoms with Crippen LogP contribution in [0.2, 0.25) is 0 Å². The molecule has 0 fully saturated rings. The number of hydrogen-bond acceptors (Lipinski definition) is 5. The molecule has 0 aromatic heterocycles. The second-order valence-corrected chi connectivity index (χ2v) is 7.00. The van der Waals surface area contributed by atoms with E-state index in [4.69, 9.17) is 4.74 Å². The van der Waals surface area contributed by atoms with E-state index in [-0.39, 0.29) is 4.90 Å². The van der Waals surface area contributed by atoms with Crippen LogP contribution in [0.25, 0.3) is 0 Å². The van der Waals surface area contributed by atoms with Crippen LogP contribution in [-0.2, 0) is 19.6 Å². The van der Waals surface area contributed by atoms with Crippen molar-refractivity contribution in [3.63, 3.8) is 0 Å². The lowest BCUT2D eigenvalue weighted by molar-refractivity contribution is -0.117. The van der Waals surface area contributed by atoms with Gasteiger partial charge in [-0.25, -0.2) is 17.9 Å². The van der Waals surface area contributed by atoms with Gasteiger partial charge in [-0.2, -0.15) is 0 Å². The van der Waals surface area contributed by atoms with Gasteiger partial charge in [-0.3, -0.25) is 10.1 Å². The monoisotopic (exact) mass is 314 g/mol. The van der Waals surface area contributed by atoms with E-state index >= 15 is 0 Å². The molecule has 0 radical (unpaired) electrons. The van der Waals surface area contributed by atoms with Gasteiger partial charge in [0.05, 0.1) is 4.90 Å². The molecular weight excluding hydrogens is 296 g/mol. The molecule has 7 nitrogen and oxygen atoms in total. The molecule has 0 aliphatic heterocycles. The van der Waals surface area contributed by atoms with Crippen LogP contribution < -0.4 is 10.0 Å². The maximum absolute atomic E-state index is 11.7. The van der Waals surface area contributed by atoms with Crippen LogP contribution >= 0.6 is 0 Å². The number of benzene rings is 1. The molecule has 0 saturated heterocycles. The maximum Gasteiger partial charge on any atom is 0.412 e. The molecule has 2 amide bonds. The van der Waals surface area contributed by atoms with Crippen LogP contribution in [0.5, 0.6) is 0 Å². The highest BCUT2D eigenvalue weighted by Crippen LogP contribution is 2.15. The van der Waals surface area contributed by atoms with Gasteiger partial charge >= 0.3 is 6.09 Å². The highest BCUT2D eigenvalue weighted by Gasteiger charge is 2.17. The van der Waals surface area contributed by atoms with E-state index in [0.29, 0.717) is 5.69 Å². The first kappa shape index (κ1) is 17.0. The topological polar surface area (TPSA) is 102 Å². The van der Waals surface area contributed by atoms with Gasteiger partial charge in [0.2, 0.25) is 5.91 Å². The van der Waals surface area contributed by atoms with Gasteiger partial charge < -0.3 is 4.74 Å². The Balaban J connectivity index is 2.79. The Bertz CT molecular complexity index is 630. The van der Waals surface area contributed by atoms with Crippen molar-refractivity contribution >= 4 is 27.7 Å². The summed E-state index contributed by atoms with van der Waals surface area (Å²) in [6.45, 7) is 6.30. The molecule has 0 heterocycles. The van der Waals surface area contributed by atoms with Crippen LogP contribution in [0, 0.1) is 0 Å². The Kier molecular flexibility index (Phi) is 4.95. The molecule has 0 aliphatic rings. The number of rotatable bonds is 3. The second kappa shape index (κ2) is 6.13. The molecule has 0 spiro atoms. The third-order valence-corrected chi connectivity index (χ3v) is 3.54. The van der Waals surface area contributed by atoms with Crippen molar-refractivity contribution in [3.05, 3.63) is 24.3 Å². The molecule has 21 heavy (non-hydrogen) atoms. The normalized spacial score (nSPS) is 11.6. The standard InChI is InChI=1S/C13H18N2O5S/c1-9(16)15-21(18,19)11-7-5-10(6-8-11)14-12(17)20-13(2,3)4/h5-8H,1-4H3,(H,14,17)(H,15,16). The quantitative estimate of drug-likeness (QED) is 0.886. The van der Waals surface area contributed by atoms with Crippen LogP contribution in [0.15, 0.2) is 29.2 Å². The van der Waals surface area contributed by atoms with E-state index in [9.17, 15) is 18.0 Å². The Hall–Kier alpha value is -2.09. The Labute approximate surface area is 123 Å². The molecule has 1 aromatic rings. The van der Waals surface area contributed by atoms with Crippen molar-refractivity contribution in [3.8, 4) is 0 Å². The summed E-state index contributed by atoms with van der Waals surface area (Å²) in [5.41, 5.74) is -0.246. The van der Waals surface area contributed by atoms with Crippen LogP contribution in [0.3, 0.4) is 0 Å². The number of sulfonamides is 1. The van der Waals surface area contributed by atoms with Crippen molar-refractivity contribution in [2.75, 3.05) is 5.32 Å². The largest absolute Gasteiger partial charge is 0.444 e. The van der Waals surface area contributed by atoms with E-state index in [1.165, 1.54) is 24.3 Å². The van der Waals surface area contributed by atoms with Gasteiger partial charge in [0.25, 0.3) is 10.0 Å². The average Bonchev–Trinajstić information content (AvgIpc) is 2.24. The van der Waals surface area contributed by atoms with Crippen LogP contribution in [-0.4, -0.2) is 26.0 Å². The minimum absolute atomic E-state index is 0.0764. The van der Waals surface area contributed by atoms with Gasteiger partial charge in [-0.15, -0.1) is 0 Å². The summed E-state index contributed by atoms with van der Waals surface area (Å²) in [5.74, 6) is -0.675. The number of hydrogen-bond donors (Lipinski definition) is 2. The number of amides is 2. The molecule has 0 bridgehead atoms. The molecule has 1 rings (SSSR count). The lowest BCUT2D eigenvalue weighted by atomic mass is 10.2. The maximum atomic E-state index is 11.7. The SMILES string of the molecule is CC(=O)NS(=O)(=O)c1ccc(NC(=O)OC(C)(C)C)cc1. The Morgan fingerprint density at radius 1 is 1.10 bits per heavy atom. The predicted octanol–water partition coefficient (Wildman–Crippen LogP) is 1.86. The smallest absolute Gasteiger partial charge is 0.412 e. The highest BCUT2D eigenvalue weighted by atomic mass is 32.2. The van der Waals surface area contributed by atoms with Crippen molar-refractivity contribution in [1.82, 2.24) is 4.72 Å². The summed E-state index contributed by atoms with van der Waals surface area (Å²) >= 11 is 0. The molecule has 2 N–H and O–H groups in total. The fraction of sp³-hybridized carbons (Fsp3) is 0.385. The molecule has 116 valence electrons. The lowest BCUT2D eigenvalue weighted by Crippen LogP contribution is -2.28. The van der Waals surface area contributed by atoms with E-state index in [2.05, 4.69) is 5.32 Å². The number of anilines is 1. The summed E-state index contributed by atoms with van der Waals surface area (Å²) in [6.07, 6.45) is -0.639. The van der Waals surface area contributed by atoms with E-state index < -0.39 is 27.6 Å². The van der Waals surface area contributed by atoms with Crippen molar-refractivity contribution in [2.24, 2.45) is 0 Å². The van der Waals surface area contributed by atoms with E-state index in [1.54, 1.807) is 20.8 Å². The minimum Gasteiger partial charge on any atom is -0.444 e. The van der Waals surface area contributed by atoms with E-state index in [1.807, 2.05) is 4.72 Å². The van der Waals surface area contributed by atoms with Crippen LogP contribution in [0.1, 0.15) is 27.7 Å². The van der Waals surface area contributed by atoms with Gasteiger partial charge in [-0.1, -0.05) is 0 Å². The molecular formula is C13H18N2O5S. The second-order valence-electron chi connectivity index (χ2n) is 5.31. The third kappa shape index (κ3) is 5.82. The van der Waals surface area contributed by atoms with Crippen LogP contribution in [0.4, 0.5) is 10.5 Å². The molecule has 0 atom stereocenters. The number of nitrogens with one attached hydrogen (secondary N) is 2. The lowest BCUT2D eigenvalue weighted by Gasteiger charge is -2.19. The molecule has 0 unspecified atom stereocenters. The van der Waals surface area contributed by atoms with Crippen molar-refractivity contribution in [1.29, 1.82) is 0 Å². The van der Waals surface area contributed by atoms with Gasteiger partial charge in [0, 0.05) is 12.6 Å². The zero-order chi connectivity index (χ0) is 16.3. The predicted molar refractivity (Wildman–Crippen MR) is 77.3 cm³/mol. The Morgan fingerprint density at radius 2 is 1.62 bits per heavy atom. The minimum atomic E-state index is -3.88. The summed E-state index contributed by atoms with van der Waals surface area (Å²) in [7, 11) is -3.88. The fourth-order valence-corrected chi connectivity index (χ4v) is 2.38. The van der Waals surface area contributed by atoms with Crippen molar-refractivity contribution < 1.29 is 22.7 Å². The first-order valence-electron chi connectivity index (χ1n) is 6.13. The number of carbonyl (C=O) groups is 2. The fourth-order valence-electron chi connectivity index (χ4n) is 1.39. The third-order valence-electron chi connectivity index (χ3n) is 2.09. The molecule has 0 aliphatic carbocycles. The molecule has 8 heteroatoms. The summed E-state index contributed by atoms with van der Waals surface area (Å²) < 4.78 is 30.4. The molecule has 0 saturated carbocycles. The number of ether oxygens (including phenoxy) is 1. The van der Waals surface area contributed by atoms with Gasteiger partial charge in [-0.05, 0) is 45.0 Å². The zero-order valence-corrected chi connectivity index (χ0v) is 13.1. The first-order chi connectivity index (χ1) is 9.49. The summed E-state index contributed by atoms with van der Waals surface area (Å²) in [4.78, 5) is 22.3. The van der Waals surface area contributed by atoms with Gasteiger partial charge in [0.1, 0.15) is 5.60 Å². The summed E-state index contributed by atoms with van der Waals surface area (Å²) in [5, 5.41) is 2.47. The highest BCUT2D eigenvalue weighted by molar-refractivity contribution is 7.90. The summed E-state index contributed by atoms with van der Waals surface area (Å²) in [6, 6.07) is 5.35. The van der Waals surface area contributed by atoms with E-state index in [0.717, 1.165) is 6.92 Å². The first-order valence-corrected chi connectivity index (χ1v) is 7.61. The average molecular weight is 314 g/mol.